The molecule has 3 rings (SSSR count). The number of hydrogen-bond donors (Lipinski definition) is 2. The van der Waals surface area contributed by atoms with Crippen molar-refractivity contribution in [3.05, 3.63) is 48.3 Å². The summed E-state index contributed by atoms with van der Waals surface area (Å²) in [4.78, 5) is 29.0. The minimum Gasteiger partial charge on any atom is -0.448 e. The molecule has 2 aromatic rings. The van der Waals surface area contributed by atoms with Gasteiger partial charge in [-0.2, -0.15) is 0 Å². The Bertz CT molecular complexity index is 706. The summed E-state index contributed by atoms with van der Waals surface area (Å²) >= 11 is 0. The molecular formula is C18H21N3O4. The van der Waals surface area contributed by atoms with Crippen LogP contribution in [-0.4, -0.2) is 49.3 Å². The molecule has 0 unspecified atom stereocenters. The molecule has 2 heterocycles. The third-order valence-corrected chi connectivity index (χ3v) is 3.98. The summed E-state index contributed by atoms with van der Waals surface area (Å²) in [7, 11) is 0. The predicted octanol–water partition coefficient (Wildman–Crippen LogP) is 2.04. The average Bonchev–Trinajstić information content (AvgIpc) is 3.18. The Labute approximate surface area is 145 Å². The van der Waals surface area contributed by atoms with Crippen LogP contribution in [0.3, 0.4) is 0 Å². The molecule has 0 spiro atoms. The number of aromatic amines is 1. The quantitative estimate of drug-likeness (QED) is 0.812. The lowest BCUT2D eigenvalue weighted by atomic mass is 10.2. The summed E-state index contributed by atoms with van der Waals surface area (Å²) in [6.45, 7) is 4.71. The van der Waals surface area contributed by atoms with Gasteiger partial charge in [0, 0.05) is 30.7 Å². The number of nitrogens with one attached hydrogen (secondary N) is 2. The minimum atomic E-state index is -0.894. The second kappa shape index (κ2) is 7.85. The molecule has 1 saturated heterocycles. The SMILES string of the molecule is C[C@H](OC(=O)c1ccc[nH]1)C(=O)Nc1ccc(N2CCOCC2)cc1. The van der Waals surface area contributed by atoms with Crippen molar-refractivity contribution in [2.45, 2.75) is 13.0 Å². The minimum absolute atomic E-state index is 0.314. The van der Waals surface area contributed by atoms with Crippen LogP contribution in [0, 0.1) is 0 Å². The van der Waals surface area contributed by atoms with E-state index in [-0.39, 0.29) is 5.91 Å². The van der Waals surface area contributed by atoms with Gasteiger partial charge in [0.2, 0.25) is 0 Å². The van der Waals surface area contributed by atoms with E-state index in [4.69, 9.17) is 9.47 Å². The molecule has 1 aliphatic rings. The van der Waals surface area contributed by atoms with Gasteiger partial charge in [0.15, 0.2) is 6.10 Å². The highest BCUT2D eigenvalue weighted by Gasteiger charge is 2.19. The first kappa shape index (κ1) is 17.0. The molecule has 2 N–H and O–H groups in total. The van der Waals surface area contributed by atoms with E-state index in [2.05, 4.69) is 15.2 Å². The largest absolute Gasteiger partial charge is 0.448 e. The topological polar surface area (TPSA) is 83.7 Å². The van der Waals surface area contributed by atoms with E-state index in [9.17, 15) is 9.59 Å². The van der Waals surface area contributed by atoms with Crippen molar-refractivity contribution in [2.24, 2.45) is 0 Å². The van der Waals surface area contributed by atoms with Crippen LogP contribution in [0.25, 0.3) is 0 Å². The summed E-state index contributed by atoms with van der Waals surface area (Å²) in [5, 5.41) is 2.75. The van der Waals surface area contributed by atoms with Gasteiger partial charge in [-0.15, -0.1) is 0 Å². The maximum Gasteiger partial charge on any atom is 0.355 e. The number of nitrogens with zero attached hydrogens (tertiary/aromatic N) is 1. The summed E-state index contributed by atoms with van der Waals surface area (Å²) in [5.74, 6) is -0.936. The Morgan fingerprint density at radius 1 is 1.20 bits per heavy atom. The van der Waals surface area contributed by atoms with Crippen LogP contribution in [-0.2, 0) is 14.3 Å². The number of anilines is 2. The molecule has 1 fully saturated rings. The highest BCUT2D eigenvalue weighted by Crippen LogP contribution is 2.19. The smallest absolute Gasteiger partial charge is 0.355 e. The van der Waals surface area contributed by atoms with Crippen molar-refractivity contribution < 1.29 is 19.1 Å². The van der Waals surface area contributed by atoms with Gasteiger partial charge in [-0.25, -0.2) is 4.79 Å². The summed E-state index contributed by atoms with van der Waals surface area (Å²) in [6, 6.07) is 10.9. The van der Waals surface area contributed by atoms with Crippen LogP contribution < -0.4 is 10.2 Å². The Hall–Kier alpha value is -2.80. The van der Waals surface area contributed by atoms with E-state index in [1.54, 1.807) is 18.3 Å². The number of esters is 1. The van der Waals surface area contributed by atoms with E-state index >= 15 is 0 Å². The Morgan fingerprint density at radius 3 is 2.56 bits per heavy atom. The molecule has 132 valence electrons. The molecule has 1 aromatic carbocycles. The zero-order valence-electron chi connectivity index (χ0n) is 14.0. The van der Waals surface area contributed by atoms with E-state index in [1.165, 1.54) is 6.92 Å². The van der Waals surface area contributed by atoms with Gasteiger partial charge in [-0.3, -0.25) is 4.79 Å². The maximum absolute atomic E-state index is 12.2. The fourth-order valence-electron chi connectivity index (χ4n) is 2.56. The summed E-state index contributed by atoms with van der Waals surface area (Å²) in [6.07, 6.45) is 0.729. The van der Waals surface area contributed by atoms with Gasteiger partial charge >= 0.3 is 5.97 Å². The second-order valence-corrected chi connectivity index (χ2v) is 5.77. The van der Waals surface area contributed by atoms with E-state index in [0.29, 0.717) is 11.4 Å². The third-order valence-electron chi connectivity index (χ3n) is 3.98. The van der Waals surface area contributed by atoms with Crippen LogP contribution in [0.5, 0.6) is 0 Å². The second-order valence-electron chi connectivity index (χ2n) is 5.77. The van der Waals surface area contributed by atoms with E-state index in [0.717, 1.165) is 32.0 Å². The monoisotopic (exact) mass is 343 g/mol. The fourth-order valence-corrected chi connectivity index (χ4v) is 2.56. The maximum atomic E-state index is 12.2. The standard InChI is InChI=1S/C18H21N3O4/c1-13(25-18(23)16-3-2-8-19-16)17(22)20-14-4-6-15(7-5-14)21-9-11-24-12-10-21/h2-8,13,19H,9-12H2,1H3,(H,20,22)/t13-/m0/s1. The van der Waals surface area contributed by atoms with Crippen LogP contribution in [0.4, 0.5) is 11.4 Å². The van der Waals surface area contributed by atoms with Crippen LogP contribution in [0.15, 0.2) is 42.6 Å². The van der Waals surface area contributed by atoms with Crippen molar-refractivity contribution in [1.29, 1.82) is 0 Å². The van der Waals surface area contributed by atoms with Crippen LogP contribution >= 0.6 is 0 Å². The first-order chi connectivity index (χ1) is 12.1. The first-order valence-corrected chi connectivity index (χ1v) is 8.21. The molecule has 0 saturated carbocycles. The zero-order valence-corrected chi connectivity index (χ0v) is 14.0. The average molecular weight is 343 g/mol. The molecule has 7 nitrogen and oxygen atoms in total. The van der Waals surface area contributed by atoms with Gasteiger partial charge in [0.1, 0.15) is 5.69 Å². The summed E-state index contributed by atoms with van der Waals surface area (Å²) < 4.78 is 10.5. The van der Waals surface area contributed by atoms with E-state index in [1.807, 2.05) is 24.3 Å². The Kier molecular flexibility index (Phi) is 5.35. The van der Waals surface area contributed by atoms with Crippen molar-refractivity contribution in [1.82, 2.24) is 4.98 Å². The summed E-state index contributed by atoms with van der Waals surface area (Å²) in [5.41, 5.74) is 2.06. The van der Waals surface area contributed by atoms with Crippen LogP contribution in [0.2, 0.25) is 0 Å². The highest BCUT2D eigenvalue weighted by atomic mass is 16.5. The number of benzene rings is 1. The number of rotatable bonds is 5. The van der Waals surface area contributed by atoms with Crippen molar-refractivity contribution >= 4 is 23.3 Å². The van der Waals surface area contributed by atoms with Gasteiger partial charge < -0.3 is 24.7 Å². The highest BCUT2D eigenvalue weighted by molar-refractivity contribution is 5.96. The lowest BCUT2D eigenvalue weighted by molar-refractivity contribution is -0.123. The molecule has 25 heavy (non-hydrogen) atoms. The number of carbonyl (C=O) groups excluding carboxylic acids is 2. The molecule has 1 atom stereocenters. The number of aromatic nitrogens is 1. The van der Waals surface area contributed by atoms with Gasteiger partial charge in [0.05, 0.1) is 13.2 Å². The molecule has 1 aromatic heterocycles. The van der Waals surface area contributed by atoms with Gasteiger partial charge in [0.25, 0.3) is 5.91 Å². The predicted molar refractivity (Wildman–Crippen MR) is 93.8 cm³/mol. The number of amides is 1. The van der Waals surface area contributed by atoms with Crippen molar-refractivity contribution in [2.75, 3.05) is 36.5 Å². The number of ether oxygens (including phenoxy) is 2. The van der Waals surface area contributed by atoms with Crippen LogP contribution in [0.1, 0.15) is 17.4 Å². The number of carbonyl (C=O) groups is 2. The van der Waals surface area contributed by atoms with Gasteiger partial charge in [-0.1, -0.05) is 0 Å². The lowest BCUT2D eigenvalue weighted by Gasteiger charge is -2.28. The zero-order chi connectivity index (χ0) is 17.6. The Balaban J connectivity index is 1.54. The Morgan fingerprint density at radius 2 is 1.92 bits per heavy atom. The number of H-pyrrole nitrogens is 1. The first-order valence-electron chi connectivity index (χ1n) is 8.21. The molecule has 1 aliphatic heterocycles. The lowest BCUT2D eigenvalue weighted by Crippen LogP contribution is -2.36. The molecule has 0 aliphatic carbocycles. The van der Waals surface area contributed by atoms with Gasteiger partial charge in [-0.05, 0) is 43.3 Å². The van der Waals surface area contributed by atoms with Crippen molar-refractivity contribution in [3.8, 4) is 0 Å². The molecule has 0 bridgehead atoms. The van der Waals surface area contributed by atoms with Crippen molar-refractivity contribution in [3.63, 3.8) is 0 Å². The van der Waals surface area contributed by atoms with E-state index < -0.39 is 12.1 Å². The molecular weight excluding hydrogens is 322 g/mol. The molecule has 7 heteroatoms. The fraction of sp³-hybridized carbons (Fsp3) is 0.333. The molecule has 1 amide bonds. The molecule has 0 radical (unpaired) electrons. The third kappa shape index (κ3) is 4.39. The number of morpholine rings is 1. The normalized spacial score (nSPS) is 15.5. The number of hydrogen-bond acceptors (Lipinski definition) is 5.